The van der Waals surface area contributed by atoms with E-state index in [9.17, 15) is 14.0 Å². The van der Waals surface area contributed by atoms with Crippen LogP contribution in [-0.4, -0.2) is 30.9 Å². The van der Waals surface area contributed by atoms with Gasteiger partial charge in [-0.2, -0.15) is 0 Å². The summed E-state index contributed by atoms with van der Waals surface area (Å²) in [5, 5.41) is 5.51. The quantitative estimate of drug-likeness (QED) is 0.789. The topological polar surface area (TPSA) is 61.4 Å². The highest BCUT2D eigenvalue weighted by atomic mass is 19.1. The average molecular weight is 277 g/mol. The van der Waals surface area contributed by atoms with Crippen molar-refractivity contribution in [3.05, 3.63) is 29.6 Å². The minimum Gasteiger partial charge on any atom is -0.353 e. The van der Waals surface area contributed by atoms with Gasteiger partial charge in [0.1, 0.15) is 5.82 Å². The second-order valence-corrected chi connectivity index (χ2v) is 5.22. The molecule has 2 amide bonds. The smallest absolute Gasteiger partial charge is 0.246 e. The van der Waals surface area contributed by atoms with E-state index in [0.717, 1.165) is 12.8 Å². The molecule has 0 radical (unpaired) electrons. The lowest BCUT2D eigenvalue weighted by Crippen LogP contribution is -2.51. The molecule has 1 saturated heterocycles. The van der Waals surface area contributed by atoms with Gasteiger partial charge in [-0.25, -0.2) is 4.39 Å². The van der Waals surface area contributed by atoms with Crippen LogP contribution in [0.25, 0.3) is 0 Å². The van der Waals surface area contributed by atoms with E-state index in [1.807, 2.05) is 0 Å². The second kappa shape index (κ2) is 5.20. The number of imide groups is 1. The first kappa shape index (κ1) is 13.1. The summed E-state index contributed by atoms with van der Waals surface area (Å²) in [7, 11) is 0. The van der Waals surface area contributed by atoms with E-state index in [2.05, 4.69) is 10.6 Å². The number of hydrogen-bond donors (Lipinski definition) is 2. The molecule has 0 spiro atoms. The van der Waals surface area contributed by atoms with Crippen molar-refractivity contribution < 1.29 is 14.0 Å². The number of benzene rings is 1. The van der Waals surface area contributed by atoms with Crippen molar-refractivity contribution in [2.24, 2.45) is 0 Å². The average Bonchev–Trinajstić information content (AvgIpc) is 3.20. The van der Waals surface area contributed by atoms with E-state index in [1.54, 1.807) is 17.0 Å². The first-order chi connectivity index (χ1) is 9.63. The summed E-state index contributed by atoms with van der Waals surface area (Å²) in [5.41, 5.74) is 1.13. The predicted molar refractivity (Wildman–Crippen MR) is 71.6 cm³/mol. The maximum atomic E-state index is 14.0. The molecule has 0 aromatic heterocycles. The molecule has 6 heteroatoms. The maximum Gasteiger partial charge on any atom is 0.246 e. The van der Waals surface area contributed by atoms with E-state index >= 15 is 0 Å². The van der Waals surface area contributed by atoms with E-state index in [0.29, 0.717) is 23.8 Å². The molecule has 1 aromatic carbocycles. The summed E-state index contributed by atoms with van der Waals surface area (Å²) >= 11 is 0. The Morgan fingerprint density at radius 1 is 1.25 bits per heavy atom. The molecule has 0 atom stereocenters. The SMILES string of the molecule is O=C1CN(c2cccc(F)c2CNC2CC2)CC(=O)N1. The number of hydrogen-bond acceptors (Lipinski definition) is 4. The van der Waals surface area contributed by atoms with Gasteiger partial charge in [-0.05, 0) is 25.0 Å². The molecule has 5 nitrogen and oxygen atoms in total. The van der Waals surface area contributed by atoms with Crippen molar-refractivity contribution >= 4 is 17.5 Å². The standard InChI is InChI=1S/C14H16FN3O2/c15-11-2-1-3-12(10(11)6-16-9-4-5-9)18-7-13(19)17-14(20)8-18/h1-3,9,16H,4-8H2,(H,17,19,20). The number of carbonyl (C=O) groups is 2. The Labute approximate surface area is 116 Å². The number of carbonyl (C=O) groups excluding carboxylic acids is 2. The zero-order valence-corrected chi connectivity index (χ0v) is 11.0. The van der Waals surface area contributed by atoms with Crippen LogP contribution in [0.4, 0.5) is 10.1 Å². The fourth-order valence-corrected chi connectivity index (χ4v) is 2.36. The summed E-state index contributed by atoms with van der Waals surface area (Å²) < 4.78 is 14.0. The van der Waals surface area contributed by atoms with Crippen LogP contribution in [0.5, 0.6) is 0 Å². The molecule has 1 aliphatic carbocycles. The van der Waals surface area contributed by atoms with Crippen LogP contribution in [0, 0.1) is 5.82 Å². The highest BCUT2D eigenvalue weighted by Gasteiger charge is 2.26. The molecule has 2 N–H and O–H groups in total. The van der Waals surface area contributed by atoms with Crippen molar-refractivity contribution in [3.63, 3.8) is 0 Å². The van der Waals surface area contributed by atoms with E-state index in [-0.39, 0.29) is 30.7 Å². The number of amides is 2. The summed E-state index contributed by atoms with van der Waals surface area (Å²) in [4.78, 5) is 24.5. The van der Waals surface area contributed by atoms with Gasteiger partial charge in [0.15, 0.2) is 0 Å². The molecule has 2 aliphatic rings. The Bertz CT molecular complexity index is 541. The van der Waals surface area contributed by atoms with Crippen LogP contribution in [0.3, 0.4) is 0 Å². The third-order valence-corrected chi connectivity index (χ3v) is 3.53. The fourth-order valence-electron chi connectivity index (χ4n) is 2.36. The zero-order valence-electron chi connectivity index (χ0n) is 11.0. The lowest BCUT2D eigenvalue weighted by Gasteiger charge is -2.29. The molecule has 106 valence electrons. The fraction of sp³-hybridized carbons (Fsp3) is 0.429. The number of piperazine rings is 1. The number of rotatable bonds is 4. The second-order valence-electron chi connectivity index (χ2n) is 5.22. The van der Waals surface area contributed by atoms with Gasteiger partial charge in [-0.3, -0.25) is 14.9 Å². The predicted octanol–water partition coefficient (Wildman–Crippen LogP) is 0.540. The highest BCUT2D eigenvalue weighted by molar-refractivity contribution is 6.02. The molecular weight excluding hydrogens is 261 g/mol. The largest absolute Gasteiger partial charge is 0.353 e. The molecular formula is C14H16FN3O2. The van der Waals surface area contributed by atoms with Crippen molar-refractivity contribution in [1.29, 1.82) is 0 Å². The third kappa shape index (κ3) is 2.80. The molecule has 1 aliphatic heterocycles. The Hall–Kier alpha value is -1.95. The number of anilines is 1. The lowest BCUT2D eigenvalue weighted by atomic mass is 10.1. The van der Waals surface area contributed by atoms with Gasteiger partial charge in [0.2, 0.25) is 11.8 Å². The van der Waals surface area contributed by atoms with Gasteiger partial charge in [0.05, 0.1) is 13.1 Å². The number of nitrogens with zero attached hydrogens (tertiary/aromatic N) is 1. The van der Waals surface area contributed by atoms with Crippen molar-refractivity contribution in [1.82, 2.24) is 10.6 Å². The first-order valence-electron chi connectivity index (χ1n) is 6.72. The van der Waals surface area contributed by atoms with Crippen molar-refractivity contribution in [3.8, 4) is 0 Å². The van der Waals surface area contributed by atoms with Crippen LogP contribution in [0.1, 0.15) is 18.4 Å². The normalized spacial score (nSPS) is 19.1. The number of halogens is 1. The molecule has 20 heavy (non-hydrogen) atoms. The third-order valence-electron chi connectivity index (χ3n) is 3.53. The first-order valence-corrected chi connectivity index (χ1v) is 6.72. The van der Waals surface area contributed by atoms with Crippen LogP contribution >= 0.6 is 0 Å². The summed E-state index contributed by atoms with van der Waals surface area (Å²) in [5.74, 6) is -1.02. The van der Waals surface area contributed by atoms with Crippen molar-refractivity contribution in [2.75, 3.05) is 18.0 Å². The van der Waals surface area contributed by atoms with E-state index in [1.165, 1.54) is 6.07 Å². The number of nitrogens with one attached hydrogen (secondary N) is 2. The van der Waals surface area contributed by atoms with E-state index in [4.69, 9.17) is 0 Å². The van der Waals surface area contributed by atoms with Crippen molar-refractivity contribution in [2.45, 2.75) is 25.4 Å². The Balaban J connectivity index is 1.84. The highest BCUT2D eigenvalue weighted by Crippen LogP contribution is 2.26. The summed E-state index contributed by atoms with van der Waals surface area (Å²) in [6.07, 6.45) is 2.24. The van der Waals surface area contributed by atoms with Crippen LogP contribution in [-0.2, 0) is 16.1 Å². The zero-order chi connectivity index (χ0) is 14.1. The Kier molecular flexibility index (Phi) is 3.40. The monoisotopic (exact) mass is 277 g/mol. The Morgan fingerprint density at radius 3 is 2.60 bits per heavy atom. The summed E-state index contributed by atoms with van der Waals surface area (Å²) in [6, 6.07) is 5.22. The molecule has 2 fully saturated rings. The van der Waals surface area contributed by atoms with Gasteiger partial charge in [0, 0.05) is 23.8 Å². The van der Waals surface area contributed by atoms with Gasteiger partial charge >= 0.3 is 0 Å². The molecule has 0 bridgehead atoms. The van der Waals surface area contributed by atoms with Gasteiger partial charge < -0.3 is 10.2 Å². The minimum atomic E-state index is -0.355. The van der Waals surface area contributed by atoms with Gasteiger partial charge in [0.25, 0.3) is 0 Å². The van der Waals surface area contributed by atoms with Crippen LogP contribution < -0.4 is 15.5 Å². The molecule has 1 aromatic rings. The molecule has 3 rings (SSSR count). The summed E-state index contributed by atoms with van der Waals surface area (Å²) in [6.45, 7) is 0.566. The maximum absolute atomic E-state index is 14.0. The molecule has 0 unspecified atom stereocenters. The lowest BCUT2D eigenvalue weighted by molar-refractivity contribution is -0.130. The van der Waals surface area contributed by atoms with Gasteiger partial charge in [-0.1, -0.05) is 6.07 Å². The van der Waals surface area contributed by atoms with E-state index < -0.39 is 0 Å². The molecule has 1 heterocycles. The Morgan fingerprint density at radius 2 is 1.95 bits per heavy atom. The van der Waals surface area contributed by atoms with Crippen LogP contribution in [0.2, 0.25) is 0 Å². The van der Waals surface area contributed by atoms with Crippen LogP contribution in [0.15, 0.2) is 18.2 Å². The van der Waals surface area contributed by atoms with Gasteiger partial charge in [-0.15, -0.1) is 0 Å². The minimum absolute atomic E-state index is 0.0750. The molecule has 1 saturated carbocycles.